The number of benzene rings is 2. The van der Waals surface area contributed by atoms with Crippen molar-refractivity contribution in [1.82, 2.24) is 9.97 Å². The lowest BCUT2D eigenvalue weighted by Gasteiger charge is -2.19. The first-order valence-electron chi connectivity index (χ1n) is 7.62. The lowest BCUT2D eigenvalue weighted by molar-refractivity contribution is 0.100. The molecule has 0 aliphatic rings. The van der Waals surface area contributed by atoms with Gasteiger partial charge in [-0.25, -0.2) is 4.98 Å². The monoisotopic (exact) mass is 334 g/mol. The van der Waals surface area contributed by atoms with Crippen LogP contribution in [0.5, 0.6) is 0 Å². The van der Waals surface area contributed by atoms with Gasteiger partial charge in [0.2, 0.25) is 11.9 Å². The Balaban J connectivity index is 1.83. The van der Waals surface area contributed by atoms with Gasteiger partial charge in [-0.15, -0.1) is 0 Å². The summed E-state index contributed by atoms with van der Waals surface area (Å²) in [6.07, 6.45) is 1.66. The van der Waals surface area contributed by atoms with E-state index in [4.69, 9.17) is 11.5 Å². The molecule has 0 atom stereocenters. The normalized spacial score (nSPS) is 10.3. The highest BCUT2D eigenvalue weighted by Crippen LogP contribution is 2.24. The third-order valence-corrected chi connectivity index (χ3v) is 3.67. The summed E-state index contributed by atoms with van der Waals surface area (Å²) in [6.45, 7) is 0. The molecule has 1 heterocycles. The lowest BCUT2D eigenvalue weighted by Crippen LogP contribution is -2.13. The van der Waals surface area contributed by atoms with Crippen LogP contribution in [0.1, 0.15) is 10.4 Å². The van der Waals surface area contributed by atoms with Gasteiger partial charge in [-0.1, -0.05) is 6.07 Å². The molecule has 0 spiro atoms. The number of nitrogens with one attached hydrogen (secondary N) is 1. The van der Waals surface area contributed by atoms with E-state index >= 15 is 0 Å². The molecule has 1 amide bonds. The third kappa shape index (κ3) is 3.84. The maximum absolute atomic E-state index is 11.3. The zero-order valence-electron chi connectivity index (χ0n) is 13.7. The van der Waals surface area contributed by atoms with Gasteiger partial charge in [0.15, 0.2) is 0 Å². The fourth-order valence-corrected chi connectivity index (χ4v) is 2.31. The number of nitrogens with zero attached hydrogens (tertiary/aromatic N) is 3. The minimum absolute atomic E-state index is 0.417. The highest BCUT2D eigenvalue weighted by molar-refractivity contribution is 5.93. The molecule has 0 saturated heterocycles. The fraction of sp³-hybridized carbons (Fsp3) is 0.0556. The van der Waals surface area contributed by atoms with Gasteiger partial charge in [0, 0.05) is 35.9 Å². The number of rotatable bonds is 5. The average Bonchev–Trinajstić information content (AvgIpc) is 2.62. The molecule has 0 aliphatic heterocycles. The molecule has 0 saturated carbocycles. The van der Waals surface area contributed by atoms with Crippen LogP contribution >= 0.6 is 0 Å². The molecule has 0 bridgehead atoms. The number of nitrogen functional groups attached to an aromatic ring is 1. The van der Waals surface area contributed by atoms with Crippen molar-refractivity contribution in [2.75, 3.05) is 23.0 Å². The smallest absolute Gasteiger partial charge is 0.248 e. The zero-order valence-corrected chi connectivity index (χ0v) is 13.7. The highest BCUT2D eigenvalue weighted by atomic mass is 16.1. The minimum Gasteiger partial charge on any atom is -0.399 e. The topological polar surface area (TPSA) is 110 Å². The first kappa shape index (κ1) is 16.3. The van der Waals surface area contributed by atoms with Gasteiger partial charge in [0.25, 0.3) is 0 Å². The van der Waals surface area contributed by atoms with Crippen LogP contribution < -0.4 is 21.7 Å². The van der Waals surface area contributed by atoms with Crippen LogP contribution in [0.4, 0.5) is 28.8 Å². The van der Waals surface area contributed by atoms with E-state index in [1.165, 1.54) is 0 Å². The molecule has 5 N–H and O–H groups in total. The van der Waals surface area contributed by atoms with Crippen molar-refractivity contribution < 1.29 is 4.79 Å². The first-order chi connectivity index (χ1) is 12.0. The van der Waals surface area contributed by atoms with Crippen LogP contribution in [-0.2, 0) is 0 Å². The van der Waals surface area contributed by atoms with Crippen LogP contribution in [0.2, 0.25) is 0 Å². The Morgan fingerprint density at radius 1 is 1.12 bits per heavy atom. The Labute approximate surface area is 145 Å². The molecule has 3 rings (SSSR count). The molecule has 25 heavy (non-hydrogen) atoms. The van der Waals surface area contributed by atoms with Gasteiger partial charge in [0.05, 0.1) is 0 Å². The van der Waals surface area contributed by atoms with Crippen LogP contribution in [0.15, 0.2) is 60.8 Å². The number of hydrogen-bond acceptors (Lipinski definition) is 6. The number of carbonyl (C=O) groups excluding carboxylic acids is 1. The molecule has 3 aromatic rings. The van der Waals surface area contributed by atoms with Crippen LogP contribution in [0, 0.1) is 0 Å². The molecule has 7 heteroatoms. The predicted molar refractivity (Wildman–Crippen MR) is 99.2 cm³/mol. The molecule has 0 aliphatic carbocycles. The van der Waals surface area contributed by atoms with Crippen LogP contribution in [0.3, 0.4) is 0 Å². The average molecular weight is 334 g/mol. The molecule has 126 valence electrons. The fourth-order valence-electron chi connectivity index (χ4n) is 2.31. The Hall–Kier alpha value is -3.61. The van der Waals surface area contributed by atoms with Crippen molar-refractivity contribution in [3.63, 3.8) is 0 Å². The molecule has 1 aromatic heterocycles. The van der Waals surface area contributed by atoms with Gasteiger partial charge in [-0.05, 0) is 48.5 Å². The van der Waals surface area contributed by atoms with E-state index in [1.54, 1.807) is 30.5 Å². The molecule has 0 radical (unpaired) electrons. The Morgan fingerprint density at radius 3 is 2.60 bits per heavy atom. The summed E-state index contributed by atoms with van der Waals surface area (Å²) in [7, 11) is 1.91. The van der Waals surface area contributed by atoms with E-state index in [0.717, 1.165) is 5.69 Å². The number of hydrogen-bond donors (Lipinski definition) is 3. The molecular weight excluding hydrogens is 316 g/mol. The maximum Gasteiger partial charge on any atom is 0.248 e. The van der Waals surface area contributed by atoms with E-state index in [-0.39, 0.29) is 0 Å². The Kier molecular flexibility index (Phi) is 4.47. The number of nitrogens with two attached hydrogens (primary N) is 2. The molecule has 7 nitrogen and oxygen atoms in total. The second kappa shape index (κ2) is 6.88. The van der Waals surface area contributed by atoms with Crippen molar-refractivity contribution in [2.45, 2.75) is 0 Å². The van der Waals surface area contributed by atoms with Crippen molar-refractivity contribution in [3.05, 3.63) is 66.4 Å². The molecule has 2 aromatic carbocycles. The number of primary amides is 1. The summed E-state index contributed by atoms with van der Waals surface area (Å²) in [5, 5.41) is 3.08. The van der Waals surface area contributed by atoms with Gasteiger partial charge in [-0.2, -0.15) is 4.98 Å². The van der Waals surface area contributed by atoms with E-state index in [0.29, 0.717) is 28.7 Å². The zero-order chi connectivity index (χ0) is 17.8. The number of amides is 1. The van der Waals surface area contributed by atoms with Crippen molar-refractivity contribution >= 4 is 34.7 Å². The van der Waals surface area contributed by atoms with Gasteiger partial charge >= 0.3 is 0 Å². The summed E-state index contributed by atoms with van der Waals surface area (Å²) in [5.41, 5.74) is 13.8. The van der Waals surface area contributed by atoms with Crippen molar-refractivity contribution in [1.29, 1.82) is 0 Å². The van der Waals surface area contributed by atoms with E-state index in [1.807, 2.05) is 42.3 Å². The summed E-state index contributed by atoms with van der Waals surface area (Å²) in [6, 6.07) is 16.2. The van der Waals surface area contributed by atoms with Crippen molar-refractivity contribution in [3.8, 4) is 0 Å². The molecule has 0 fully saturated rings. The second-order valence-corrected chi connectivity index (χ2v) is 5.46. The standard InChI is InChI=1S/C18H18N6O/c1-24(15-7-5-13(19)6-8-15)16-9-10-21-18(23-16)22-14-4-2-3-12(11-14)17(20)25/h2-11H,19H2,1H3,(H2,20,25)(H,21,22,23). The van der Waals surface area contributed by atoms with Crippen LogP contribution in [0.25, 0.3) is 0 Å². The number of aromatic nitrogens is 2. The maximum atomic E-state index is 11.3. The van der Waals surface area contributed by atoms with Gasteiger partial charge < -0.3 is 21.7 Å². The Bertz CT molecular complexity index is 894. The van der Waals surface area contributed by atoms with E-state index in [9.17, 15) is 4.79 Å². The van der Waals surface area contributed by atoms with Gasteiger partial charge in [-0.3, -0.25) is 4.79 Å². The summed E-state index contributed by atoms with van der Waals surface area (Å²) < 4.78 is 0. The quantitative estimate of drug-likeness (QED) is 0.619. The Morgan fingerprint density at radius 2 is 1.88 bits per heavy atom. The van der Waals surface area contributed by atoms with Crippen molar-refractivity contribution in [2.24, 2.45) is 5.73 Å². The summed E-state index contributed by atoms with van der Waals surface area (Å²) in [4.78, 5) is 21.9. The van der Waals surface area contributed by atoms with Crippen LogP contribution in [-0.4, -0.2) is 22.9 Å². The predicted octanol–water partition coefficient (Wildman–Crippen LogP) is 2.67. The van der Waals surface area contributed by atoms with Gasteiger partial charge in [0.1, 0.15) is 5.82 Å². The molecular formula is C18H18N6O. The van der Waals surface area contributed by atoms with E-state index in [2.05, 4.69) is 15.3 Å². The first-order valence-corrected chi connectivity index (χ1v) is 7.62. The summed E-state index contributed by atoms with van der Waals surface area (Å²) >= 11 is 0. The highest BCUT2D eigenvalue weighted by Gasteiger charge is 2.08. The second-order valence-electron chi connectivity index (χ2n) is 5.46. The lowest BCUT2D eigenvalue weighted by atomic mass is 10.2. The number of carbonyl (C=O) groups is 1. The molecule has 0 unspecified atom stereocenters. The number of anilines is 5. The third-order valence-electron chi connectivity index (χ3n) is 3.67. The SMILES string of the molecule is CN(c1ccc(N)cc1)c1ccnc(Nc2cccc(C(N)=O)c2)n1. The minimum atomic E-state index is -0.485. The largest absolute Gasteiger partial charge is 0.399 e. The summed E-state index contributed by atoms with van der Waals surface area (Å²) in [5.74, 6) is 0.649. The van der Waals surface area contributed by atoms with E-state index < -0.39 is 5.91 Å².